The summed E-state index contributed by atoms with van der Waals surface area (Å²) in [6.07, 6.45) is 3.56. The standard InChI is InChI=1S/C13H17ClN2O2/c14-11-5-3-9(15)8-12(11)16-13(17)6-4-10-2-1-7-18-10/h3,5,8,10H,1-2,4,6-7,15H2,(H,16,17). The molecule has 1 aromatic carbocycles. The third-order valence-electron chi connectivity index (χ3n) is 2.98. The molecule has 0 spiro atoms. The molecule has 98 valence electrons. The topological polar surface area (TPSA) is 64.3 Å². The lowest BCUT2D eigenvalue weighted by molar-refractivity contribution is -0.116. The van der Waals surface area contributed by atoms with Gasteiger partial charge in [-0.25, -0.2) is 0 Å². The Morgan fingerprint density at radius 3 is 3.11 bits per heavy atom. The number of amides is 1. The number of benzene rings is 1. The fourth-order valence-corrected chi connectivity index (χ4v) is 2.18. The summed E-state index contributed by atoms with van der Waals surface area (Å²) in [4.78, 5) is 11.8. The largest absolute Gasteiger partial charge is 0.399 e. The van der Waals surface area contributed by atoms with Crippen molar-refractivity contribution in [3.05, 3.63) is 23.2 Å². The van der Waals surface area contributed by atoms with E-state index in [4.69, 9.17) is 22.1 Å². The second kappa shape index (κ2) is 6.07. The van der Waals surface area contributed by atoms with Gasteiger partial charge in [-0.1, -0.05) is 11.6 Å². The Bertz CT molecular complexity index is 431. The Morgan fingerprint density at radius 1 is 1.56 bits per heavy atom. The molecule has 1 fully saturated rings. The molecule has 0 saturated carbocycles. The molecule has 1 heterocycles. The van der Waals surface area contributed by atoms with Gasteiger partial charge >= 0.3 is 0 Å². The van der Waals surface area contributed by atoms with E-state index in [0.717, 1.165) is 25.9 Å². The van der Waals surface area contributed by atoms with E-state index in [1.165, 1.54) is 0 Å². The Balaban J connectivity index is 1.84. The van der Waals surface area contributed by atoms with E-state index in [1.807, 2.05) is 0 Å². The fourth-order valence-electron chi connectivity index (χ4n) is 2.02. The third kappa shape index (κ3) is 3.62. The van der Waals surface area contributed by atoms with Crippen LogP contribution in [0.5, 0.6) is 0 Å². The first kappa shape index (κ1) is 13.2. The van der Waals surface area contributed by atoms with Gasteiger partial charge in [-0.15, -0.1) is 0 Å². The van der Waals surface area contributed by atoms with Gasteiger partial charge in [0.1, 0.15) is 0 Å². The highest BCUT2D eigenvalue weighted by atomic mass is 35.5. The van der Waals surface area contributed by atoms with Gasteiger partial charge in [0.2, 0.25) is 5.91 Å². The van der Waals surface area contributed by atoms with Crippen LogP contribution in [0, 0.1) is 0 Å². The van der Waals surface area contributed by atoms with Gasteiger partial charge in [0, 0.05) is 18.7 Å². The normalized spacial score (nSPS) is 18.8. The van der Waals surface area contributed by atoms with Crippen LogP contribution in [0.15, 0.2) is 18.2 Å². The van der Waals surface area contributed by atoms with Crippen molar-refractivity contribution in [1.82, 2.24) is 0 Å². The highest BCUT2D eigenvalue weighted by Gasteiger charge is 2.17. The molecule has 1 aromatic rings. The van der Waals surface area contributed by atoms with E-state index in [0.29, 0.717) is 22.8 Å². The quantitative estimate of drug-likeness (QED) is 0.826. The minimum Gasteiger partial charge on any atom is -0.399 e. The number of ether oxygens (including phenoxy) is 1. The molecule has 1 amide bonds. The van der Waals surface area contributed by atoms with Gasteiger partial charge in [0.15, 0.2) is 0 Å². The van der Waals surface area contributed by atoms with E-state index in [2.05, 4.69) is 5.32 Å². The lowest BCUT2D eigenvalue weighted by atomic mass is 10.1. The van der Waals surface area contributed by atoms with Crippen LogP contribution in [0.1, 0.15) is 25.7 Å². The summed E-state index contributed by atoms with van der Waals surface area (Å²) >= 11 is 5.97. The smallest absolute Gasteiger partial charge is 0.224 e. The first-order valence-corrected chi connectivity index (χ1v) is 6.49. The van der Waals surface area contributed by atoms with Crippen molar-refractivity contribution in [2.24, 2.45) is 0 Å². The molecule has 0 bridgehead atoms. The summed E-state index contributed by atoms with van der Waals surface area (Å²) in [7, 11) is 0. The second-order valence-electron chi connectivity index (χ2n) is 4.46. The van der Waals surface area contributed by atoms with E-state index in [1.54, 1.807) is 18.2 Å². The number of rotatable bonds is 4. The maximum Gasteiger partial charge on any atom is 0.224 e. The zero-order chi connectivity index (χ0) is 13.0. The minimum atomic E-state index is -0.0574. The molecule has 0 aromatic heterocycles. The van der Waals surface area contributed by atoms with Crippen LogP contribution in [0.4, 0.5) is 11.4 Å². The van der Waals surface area contributed by atoms with Crippen LogP contribution in [-0.4, -0.2) is 18.6 Å². The van der Waals surface area contributed by atoms with Crippen LogP contribution < -0.4 is 11.1 Å². The molecule has 1 atom stereocenters. The lowest BCUT2D eigenvalue weighted by Crippen LogP contribution is -2.15. The summed E-state index contributed by atoms with van der Waals surface area (Å²) < 4.78 is 5.47. The Labute approximate surface area is 111 Å². The molecule has 5 heteroatoms. The number of halogens is 1. The molecule has 1 saturated heterocycles. The van der Waals surface area contributed by atoms with Crippen molar-refractivity contribution in [1.29, 1.82) is 0 Å². The maximum atomic E-state index is 11.8. The van der Waals surface area contributed by atoms with Gasteiger partial charge in [-0.3, -0.25) is 4.79 Å². The van der Waals surface area contributed by atoms with Crippen LogP contribution in [0.25, 0.3) is 0 Å². The maximum absolute atomic E-state index is 11.8. The molecule has 3 N–H and O–H groups in total. The monoisotopic (exact) mass is 268 g/mol. The average molecular weight is 269 g/mol. The van der Waals surface area contributed by atoms with Crippen LogP contribution in [-0.2, 0) is 9.53 Å². The summed E-state index contributed by atoms with van der Waals surface area (Å²) in [5, 5.41) is 3.26. The first-order valence-electron chi connectivity index (χ1n) is 6.11. The number of anilines is 2. The molecule has 4 nitrogen and oxygen atoms in total. The first-order chi connectivity index (χ1) is 8.65. The van der Waals surface area contributed by atoms with Gasteiger partial charge in [0.25, 0.3) is 0 Å². The summed E-state index contributed by atoms with van der Waals surface area (Å²) in [5.41, 5.74) is 6.79. The van der Waals surface area contributed by atoms with Crippen LogP contribution in [0.3, 0.4) is 0 Å². The molecular weight excluding hydrogens is 252 g/mol. The van der Waals surface area contributed by atoms with E-state index in [-0.39, 0.29) is 12.0 Å². The number of carbonyl (C=O) groups is 1. The molecule has 18 heavy (non-hydrogen) atoms. The molecule has 0 aliphatic carbocycles. The third-order valence-corrected chi connectivity index (χ3v) is 3.31. The number of hydrogen-bond donors (Lipinski definition) is 2. The van der Waals surface area contributed by atoms with Crippen molar-refractivity contribution < 1.29 is 9.53 Å². The van der Waals surface area contributed by atoms with Crippen LogP contribution in [0.2, 0.25) is 5.02 Å². The van der Waals surface area contributed by atoms with Gasteiger partial charge in [0.05, 0.1) is 16.8 Å². The number of hydrogen-bond acceptors (Lipinski definition) is 3. The Morgan fingerprint density at radius 2 is 2.39 bits per heavy atom. The second-order valence-corrected chi connectivity index (χ2v) is 4.87. The SMILES string of the molecule is Nc1ccc(Cl)c(NC(=O)CCC2CCCO2)c1. The predicted molar refractivity (Wildman–Crippen MR) is 72.7 cm³/mol. The highest BCUT2D eigenvalue weighted by Crippen LogP contribution is 2.24. The number of carbonyl (C=O) groups excluding carboxylic acids is 1. The van der Waals surface area contributed by atoms with E-state index in [9.17, 15) is 4.79 Å². The van der Waals surface area contributed by atoms with Crippen molar-refractivity contribution in [3.63, 3.8) is 0 Å². The van der Waals surface area contributed by atoms with Crippen molar-refractivity contribution in [2.75, 3.05) is 17.7 Å². The Hall–Kier alpha value is -1.26. The average Bonchev–Trinajstić information content (AvgIpc) is 2.84. The molecule has 1 aliphatic heterocycles. The molecule has 0 radical (unpaired) electrons. The number of nitrogens with one attached hydrogen (secondary N) is 1. The predicted octanol–water partition coefficient (Wildman–Crippen LogP) is 2.82. The molecule has 1 aliphatic rings. The summed E-state index contributed by atoms with van der Waals surface area (Å²) in [5.74, 6) is -0.0574. The van der Waals surface area contributed by atoms with Gasteiger partial charge < -0.3 is 15.8 Å². The summed E-state index contributed by atoms with van der Waals surface area (Å²) in [6.45, 7) is 0.813. The zero-order valence-corrected chi connectivity index (χ0v) is 10.9. The van der Waals surface area contributed by atoms with Crippen molar-refractivity contribution in [2.45, 2.75) is 31.8 Å². The Kier molecular flexibility index (Phi) is 4.44. The zero-order valence-electron chi connectivity index (χ0n) is 10.1. The van der Waals surface area contributed by atoms with Crippen LogP contribution >= 0.6 is 11.6 Å². The highest BCUT2D eigenvalue weighted by molar-refractivity contribution is 6.33. The van der Waals surface area contributed by atoms with Crippen molar-refractivity contribution >= 4 is 28.9 Å². The van der Waals surface area contributed by atoms with E-state index >= 15 is 0 Å². The van der Waals surface area contributed by atoms with Crippen molar-refractivity contribution in [3.8, 4) is 0 Å². The minimum absolute atomic E-state index is 0.0574. The molecule has 2 rings (SSSR count). The van der Waals surface area contributed by atoms with Gasteiger partial charge in [-0.2, -0.15) is 0 Å². The fraction of sp³-hybridized carbons (Fsp3) is 0.462. The number of nitrogen functional groups attached to an aromatic ring is 1. The molecule has 1 unspecified atom stereocenters. The molecular formula is C13H17ClN2O2. The van der Waals surface area contributed by atoms with E-state index < -0.39 is 0 Å². The summed E-state index contributed by atoms with van der Waals surface area (Å²) in [6, 6.07) is 5.03. The lowest BCUT2D eigenvalue weighted by Gasteiger charge is -2.10. The van der Waals surface area contributed by atoms with Gasteiger partial charge in [-0.05, 0) is 37.5 Å². The number of nitrogens with two attached hydrogens (primary N) is 1.